The fraction of sp³-hybridized carbons (Fsp3) is 0.148. The van der Waals surface area contributed by atoms with E-state index in [4.69, 9.17) is 4.42 Å². The van der Waals surface area contributed by atoms with Crippen molar-refractivity contribution in [2.75, 3.05) is 31.1 Å². The van der Waals surface area contributed by atoms with E-state index in [2.05, 4.69) is 4.98 Å². The Labute approximate surface area is 200 Å². The molecule has 0 aliphatic carbocycles. The second-order valence-corrected chi connectivity index (χ2v) is 8.08. The average Bonchev–Trinajstić information content (AvgIpc) is 3.38. The molecule has 35 heavy (non-hydrogen) atoms. The van der Waals surface area contributed by atoms with Gasteiger partial charge in [-0.05, 0) is 36.4 Å². The molecule has 1 fully saturated rings. The minimum absolute atomic E-state index is 0.00664. The van der Waals surface area contributed by atoms with Gasteiger partial charge < -0.3 is 14.2 Å². The van der Waals surface area contributed by atoms with Crippen LogP contribution in [0, 0.1) is 23.0 Å². The summed E-state index contributed by atoms with van der Waals surface area (Å²) in [5.41, 5.74) is 1.76. The summed E-state index contributed by atoms with van der Waals surface area (Å²) >= 11 is 0. The van der Waals surface area contributed by atoms with E-state index in [1.165, 1.54) is 18.3 Å². The van der Waals surface area contributed by atoms with E-state index < -0.39 is 11.6 Å². The van der Waals surface area contributed by atoms with E-state index in [0.717, 1.165) is 0 Å². The molecule has 2 heterocycles. The van der Waals surface area contributed by atoms with E-state index in [9.17, 15) is 18.8 Å². The number of carbonyl (C=O) groups excluding carboxylic acids is 1. The van der Waals surface area contributed by atoms with Crippen molar-refractivity contribution < 1.29 is 18.0 Å². The van der Waals surface area contributed by atoms with Gasteiger partial charge in [-0.3, -0.25) is 4.79 Å². The van der Waals surface area contributed by atoms with Crippen LogP contribution in [0.5, 0.6) is 0 Å². The molecule has 1 aliphatic heterocycles. The van der Waals surface area contributed by atoms with Gasteiger partial charge in [0.2, 0.25) is 5.89 Å². The first kappa shape index (κ1) is 22.3. The minimum atomic E-state index is -0.557. The number of piperazine rings is 1. The van der Waals surface area contributed by atoms with Crippen molar-refractivity contribution in [3.63, 3.8) is 0 Å². The summed E-state index contributed by atoms with van der Waals surface area (Å²) in [6, 6.07) is 19.7. The molecule has 0 saturated carbocycles. The Hall–Kier alpha value is -4.51. The zero-order valence-corrected chi connectivity index (χ0v) is 18.6. The maximum Gasteiger partial charge on any atom is 0.254 e. The molecule has 5 rings (SSSR count). The van der Waals surface area contributed by atoms with Crippen molar-refractivity contribution >= 4 is 11.6 Å². The highest BCUT2D eigenvalue weighted by Crippen LogP contribution is 2.30. The lowest BCUT2D eigenvalue weighted by Crippen LogP contribution is -2.49. The lowest BCUT2D eigenvalue weighted by molar-refractivity contribution is 0.0747. The van der Waals surface area contributed by atoms with Gasteiger partial charge in [0.15, 0.2) is 5.76 Å². The number of carbonyl (C=O) groups is 1. The standard InChI is InChI=1S/C27H20F2N4O2/c28-22-9-4-3-8-20(22)25-17-31-26(35-25)18-6-1-2-7-19(18)27(34)33-14-12-32(13-15-33)24-11-5-10-23(29)21(24)16-30/h1-11,17H,12-15H2. The van der Waals surface area contributed by atoms with Crippen molar-refractivity contribution in [1.29, 1.82) is 5.26 Å². The summed E-state index contributed by atoms with van der Waals surface area (Å²) in [5.74, 6) is -0.666. The number of halogens is 2. The summed E-state index contributed by atoms with van der Waals surface area (Å²) in [7, 11) is 0. The van der Waals surface area contributed by atoms with Crippen molar-refractivity contribution in [2.24, 2.45) is 0 Å². The smallest absolute Gasteiger partial charge is 0.254 e. The SMILES string of the molecule is N#Cc1c(F)cccc1N1CCN(C(=O)c2ccccc2-c2ncc(-c3ccccc3F)o2)CC1. The van der Waals surface area contributed by atoms with Crippen LogP contribution in [-0.2, 0) is 0 Å². The minimum Gasteiger partial charge on any atom is -0.436 e. The predicted molar refractivity (Wildman–Crippen MR) is 127 cm³/mol. The number of rotatable bonds is 4. The molecular formula is C27H20F2N4O2. The van der Waals surface area contributed by atoms with E-state index in [-0.39, 0.29) is 23.1 Å². The summed E-state index contributed by atoms with van der Waals surface area (Å²) in [6.07, 6.45) is 1.44. The molecular weight excluding hydrogens is 450 g/mol. The quantitative estimate of drug-likeness (QED) is 0.414. The Bertz CT molecular complexity index is 1440. The Morgan fingerprint density at radius 2 is 1.57 bits per heavy atom. The van der Waals surface area contributed by atoms with Crippen molar-refractivity contribution in [2.45, 2.75) is 0 Å². The van der Waals surface area contributed by atoms with Gasteiger partial charge in [-0.25, -0.2) is 13.8 Å². The van der Waals surface area contributed by atoms with Crippen molar-refractivity contribution in [1.82, 2.24) is 9.88 Å². The Morgan fingerprint density at radius 1 is 0.886 bits per heavy atom. The summed E-state index contributed by atoms with van der Waals surface area (Å²) < 4.78 is 34.0. The number of aromatic nitrogens is 1. The second-order valence-electron chi connectivity index (χ2n) is 8.08. The number of hydrogen-bond donors (Lipinski definition) is 0. The number of anilines is 1. The van der Waals surface area contributed by atoms with Gasteiger partial charge in [0, 0.05) is 31.7 Å². The lowest BCUT2D eigenvalue weighted by atomic mass is 10.1. The third-order valence-electron chi connectivity index (χ3n) is 6.04. The van der Waals surface area contributed by atoms with Gasteiger partial charge in [0.05, 0.1) is 23.0 Å². The molecule has 8 heteroatoms. The van der Waals surface area contributed by atoms with Crippen LogP contribution in [-0.4, -0.2) is 42.0 Å². The maximum atomic E-state index is 14.2. The fourth-order valence-corrected chi connectivity index (χ4v) is 4.25. The molecule has 174 valence electrons. The molecule has 1 saturated heterocycles. The van der Waals surface area contributed by atoms with Crippen molar-refractivity contribution in [3.8, 4) is 28.8 Å². The van der Waals surface area contributed by atoms with Crippen LogP contribution in [0.3, 0.4) is 0 Å². The molecule has 0 unspecified atom stereocenters. The molecule has 3 aromatic carbocycles. The molecule has 0 spiro atoms. The summed E-state index contributed by atoms with van der Waals surface area (Å²) in [5, 5.41) is 9.33. The topological polar surface area (TPSA) is 73.4 Å². The number of hydrogen-bond acceptors (Lipinski definition) is 5. The summed E-state index contributed by atoms with van der Waals surface area (Å²) in [4.78, 5) is 21.3. The number of benzene rings is 3. The highest BCUT2D eigenvalue weighted by Gasteiger charge is 2.27. The highest BCUT2D eigenvalue weighted by molar-refractivity contribution is 6.00. The van der Waals surface area contributed by atoms with Crippen LogP contribution in [0.2, 0.25) is 0 Å². The number of nitriles is 1. The normalized spacial score (nSPS) is 13.5. The van der Waals surface area contributed by atoms with Crippen LogP contribution >= 0.6 is 0 Å². The third kappa shape index (κ3) is 4.24. The fourth-order valence-electron chi connectivity index (χ4n) is 4.25. The highest BCUT2D eigenvalue weighted by atomic mass is 19.1. The van der Waals surface area contributed by atoms with E-state index in [1.54, 1.807) is 59.5 Å². The molecule has 0 radical (unpaired) electrons. The van der Waals surface area contributed by atoms with Crippen LogP contribution in [0.25, 0.3) is 22.8 Å². The third-order valence-corrected chi connectivity index (χ3v) is 6.04. The number of nitrogens with zero attached hydrogens (tertiary/aromatic N) is 4. The monoisotopic (exact) mass is 470 g/mol. The predicted octanol–water partition coefficient (Wildman–Crippen LogP) is 5.12. The molecule has 1 amide bonds. The molecule has 0 N–H and O–H groups in total. The van der Waals surface area contributed by atoms with Crippen LogP contribution in [0.1, 0.15) is 15.9 Å². The molecule has 1 aromatic heterocycles. The number of oxazole rings is 1. The Kier molecular flexibility index (Phi) is 5.98. The van der Waals surface area contributed by atoms with Crippen LogP contribution < -0.4 is 4.90 Å². The first-order valence-corrected chi connectivity index (χ1v) is 11.1. The molecule has 6 nitrogen and oxygen atoms in total. The van der Waals surface area contributed by atoms with E-state index in [1.807, 2.05) is 11.0 Å². The van der Waals surface area contributed by atoms with Gasteiger partial charge in [0.1, 0.15) is 23.3 Å². The Morgan fingerprint density at radius 3 is 2.31 bits per heavy atom. The number of amides is 1. The maximum absolute atomic E-state index is 14.2. The van der Waals surface area contributed by atoms with Gasteiger partial charge in [0.25, 0.3) is 5.91 Å². The lowest BCUT2D eigenvalue weighted by Gasteiger charge is -2.36. The molecule has 0 atom stereocenters. The first-order valence-electron chi connectivity index (χ1n) is 11.1. The molecule has 4 aromatic rings. The van der Waals surface area contributed by atoms with Gasteiger partial charge in [-0.1, -0.05) is 30.3 Å². The van der Waals surface area contributed by atoms with Gasteiger partial charge >= 0.3 is 0 Å². The zero-order chi connectivity index (χ0) is 24.4. The zero-order valence-electron chi connectivity index (χ0n) is 18.6. The van der Waals surface area contributed by atoms with Gasteiger partial charge in [-0.2, -0.15) is 5.26 Å². The van der Waals surface area contributed by atoms with Crippen LogP contribution in [0.4, 0.5) is 14.5 Å². The van der Waals surface area contributed by atoms with E-state index >= 15 is 0 Å². The van der Waals surface area contributed by atoms with E-state index in [0.29, 0.717) is 48.6 Å². The van der Waals surface area contributed by atoms with Crippen molar-refractivity contribution in [3.05, 3.63) is 95.7 Å². The largest absolute Gasteiger partial charge is 0.436 e. The summed E-state index contributed by atoms with van der Waals surface area (Å²) in [6.45, 7) is 1.73. The molecule has 0 bridgehead atoms. The van der Waals surface area contributed by atoms with Crippen LogP contribution in [0.15, 0.2) is 77.3 Å². The van der Waals surface area contributed by atoms with Gasteiger partial charge in [-0.15, -0.1) is 0 Å². The molecule has 1 aliphatic rings. The Balaban J connectivity index is 1.36. The average molecular weight is 470 g/mol. The first-order chi connectivity index (χ1) is 17.1. The second kappa shape index (κ2) is 9.39.